The number of nitrogens with zero attached hydrogens (tertiary/aromatic N) is 2. The number of benzene rings is 1. The number of carbonyl (C=O) groups is 1. The van der Waals surface area contributed by atoms with E-state index < -0.39 is 12.8 Å². The monoisotopic (exact) mass is 431 g/mol. The molecule has 7 nitrogen and oxygen atoms in total. The van der Waals surface area contributed by atoms with Gasteiger partial charge in [-0.15, -0.1) is 0 Å². The van der Waals surface area contributed by atoms with Gasteiger partial charge in [-0.3, -0.25) is 4.79 Å². The molecule has 0 spiro atoms. The fraction of sp³-hybridized carbons (Fsp3) is 0.600. The molecular weight excluding hydrogens is 403 g/mol. The van der Waals surface area contributed by atoms with Crippen molar-refractivity contribution in [3.05, 3.63) is 23.8 Å². The van der Waals surface area contributed by atoms with E-state index in [0.717, 1.165) is 11.5 Å². The molecule has 1 aliphatic rings. The number of hydrogen-bond acceptors (Lipinski definition) is 5. The summed E-state index contributed by atoms with van der Waals surface area (Å²) in [5.41, 5.74) is 0.769. The molecule has 0 unspecified atom stereocenters. The number of likely N-dealkylation sites (tertiary alicyclic amines) is 1. The molecule has 0 amide bonds. The molecule has 1 heterocycles. The lowest BCUT2D eigenvalue weighted by Gasteiger charge is -2.33. The molecule has 1 aliphatic heterocycles. The van der Waals surface area contributed by atoms with E-state index in [9.17, 15) is 18.0 Å². The van der Waals surface area contributed by atoms with Crippen LogP contribution in [0.2, 0.25) is 0 Å². The number of ether oxygens (including phenoxy) is 3. The van der Waals surface area contributed by atoms with Gasteiger partial charge in [0.15, 0.2) is 24.1 Å². The topological polar surface area (TPSA) is 72.4 Å². The van der Waals surface area contributed by atoms with Crippen molar-refractivity contribution in [2.45, 2.75) is 32.5 Å². The maximum absolute atomic E-state index is 12.4. The summed E-state index contributed by atoms with van der Waals surface area (Å²) >= 11 is 0. The van der Waals surface area contributed by atoms with Crippen LogP contribution in [0.3, 0.4) is 0 Å². The quantitative estimate of drug-likeness (QED) is 0.407. The van der Waals surface area contributed by atoms with Crippen LogP contribution in [0.5, 0.6) is 11.5 Å². The zero-order chi connectivity index (χ0) is 22.1. The summed E-state index contributed by atoms with van der Waals surface area (Å²) < 4.78 is 51.9. The Labute approximate surface area is 174 Å². The average molecular weight is 431 g/mol. The molecular formula is C20H28F3N3O4. The first kappa shape index (κ1) is 23.6. The Morgan fingerprint density at radius 3 is 2.50 bits per heavy atom. The van der Waals surface area contributed by atoms with Crippen LogP contribution in [0.15, 0.2) is 23.2 Å². The Morgan fingerprint density at radius 2 is 1.93 bits per heavy atom. The van der Waals surface area contributed by atoms with Crippen molar-refractivity contribution in [1.82, 2.24) is 10.2 Å². The fourth-order valence-electron chi connectivity index (χ4n) is 3.17. The molecule has 0 aromatic heterocycles. The zero-order valence-corrected chi connectivity index (χ0v) is 17.4. The third-order valence-corrected chi connectivity index (χ3v) is 4.69. The normalized spacial score (nSPS) is 15.7. The van der Waals surface area contributed by atoms with Crippen LogP contribution in [0, 0.1) is 5.92 Å². The van der Waals surface area contributed by atoms with Gasteiger partial charge in [0.05, 0.1) is 26.7 Å². The van der Waals surface area contributed by atoms with Crippen LogP contribution in [-0.4, -0.2) is 63.5 Å². The van der Waals surface area contributed by atoms with Crippen LogP contribution >= 0.6 is 0 Å². The van der Waals surface area contributed by atoms with E-state index in [4.69, 9.17) is 14.2 Å². The summed E-state index contributed by atoms with van der Waals surface area (Å²) in [7, 11) is 2.77. The first-order valence-corrected chi connectivity index (χ1v) is 9.75. The predicted molar refractivity (Wildman–Crippen MR) is 106 cm³/mol. The summed E-state index contributed by atoms with van der Waals surface area (Å²) in [5, 5.41) is 3.24. The summed E-state index contributed by atoms with van der Waals surface area (Å²) in [6.45, 7) is 2.94. The second-order valence-corrected chi connectivity index (χ2v) is 6.84. The van der Waals surface area contributed by atoms with Gasteiger partial charge < -0.3 is 24.4 Å². The maximum atomic E-state index is 12.4. The molecule has 2 rings (SSSR count). The minimum Gasteiger partial charge on any atom is -0.493 e. The second kappa shape index (κ2) is 10.9. The van der Waals surface area contributed by atoms with Crippen LogP contribution in [0.4, 0.5) is 13.2 Å². The van der Waals surface area contributed by atoms with Crippen molar-refractivity contribution >= 4 is 11.9 Å². The molecule has 0 aliphatic carbocycles. The number of methoxy groups -OCH3 is 2. The van der Waals surface area contributed by atoms with E-state index in [0.29, 0.717) is 39.0 Å². The number of hydrogen-bond donors (Lipinski definition) is 1. The molecule has 0 radical (unpaired) electrons. The smallest absolute Gasteiger partial charge is 0.422 e. The highest BCUT2D eigenvalue weighted by Gasteiger charge is 2.29. The van der Waals surface area contributed by atoms with Crippen molar-refractivity contribution in [1.29, 1.82) is 0 Å². The van der Waals surface area contributed by atoms with Gasteiger partial charge in [0.25, 0.3) is 0 Å². The van der Waals surface area contributed by atoms with E-state index in [1.165, 1.54) is 20.3 Å². The van der Waals surface area contributed by atoms with Gasteiger partial charge in [-0.2, -0.15) is 13.2 Å². The molecule has 0 atom stereocenters. The predicted octanol–water partition coefficient (Wildman–Crippen LogP) is 2.99. The Morgan fingerprint density at radius 1 is 1.23 bits per heavy atom. The number of piperidine rings is 1. The minimum absolute atomic E-state index is 0.0272. The first-order valence-electron chi connectivity index (χ1n) is 9.75. The highest BCUT2D eigenvalue weighted by molar-refractivity contribution is 5.80. The summed E-state index contributed by atoms with van der Waals surface area (Å²) in [4.78, 5) is 18.4. The second-order valence-electron chi connectivity index (χ2n) is 6.84. The number of esters is 1. The van der Waals surface area contributed by atoms with E-state index in [-0.39, 0.29) is 23.4 Å². The molecule has 168 valence electrons. The number of aliphatic imine (C=N–C) groups is 1. The summed E-state index contributed by atoms with van der Waals surface area (Å²) in [6, 6.07) is 4.72. The van der Waals surface area contributed by atoms with Crippen molar-refractivity contribution in [3.8, 4) is 11.5 Å². The van der Waals surface area contributed by atoms with Crippen LogP contribution in [0.25, 0.3) is 0 Å². The number of carbonyl (C=O) groups excluding carboxylic acids is 1. The highest BCUT2D eigenvalue weighted by atomic mass is 19.4. The van der Waals surface area contributed by atoms with Crippen molar-refractivity contribution in [2.24, 2.45) is 10.9 Å². The lowest BCUT2D eigenvalue weighted by Crippen LogP contribution is -2.46. The van der Waals surface area contributed by atoms with E-state index >= 15 is 0 Å². The van der Waals surface area contributed by atoms with E-state index in [2.05, 4.69) is 15.2 Å². The van der Waals surface area contributed by atoms with Gasteiger partial charge in [-0.25, -0.2) is 4.99 Å². The van der Waals surface area contributed by atoms with Crippen molar-refractivity contribution in [3.63, 3.8) is 0 Å². The number of rotatable bonds is 7. The molecule has 30 heavy (non-hydrogen) atoms. The van der Waals surface area contributed by atoms with Gasteiger partial charge in [-0.05, 0) is 37.5 Å². The van der Waals surface area contributed by atoms with Crippen LogP contribution < -0.4 is 14.8 Å². The van der Waals surface area contributed by atoms with Crippen LogP contribution in [-0.2, 0) is 16.1 Å². The molecule has 0 saturated carbocycles. The fourth-order valence-corrected chi connectivity index (χ4v) is 3.17. The van der Waals surface area contributed by atoms with Gasteiger partial charge >= 0.3 is 12.1 Å². The molecule has 1 N–H and O–H groups in total. The number of nitrogens with one attached hydrogen (secondary N) is 1. The Hall–Kier alpha value is -2.65. The number of guanidine groups is 1. The lowest BCUT2D eigenvalue weighted by atomic mass is 9.97. The van der Waals surface area contributed by atoms with Crippen molar-refractivity contribution < 1.29 is 32.2 Å². The molecule has 1 fully saturated rings. The highest BCUT2D eigenvalue weighted by Crippen LogP contribution is 2.30. The van der Waals surface area contributed by atoms with Gasteiger partial charge in [-0.1, -0.05) is 6.07 Å². The molecule has 1 saturated heterocycles. The standard InChI is InChI=1S/C20H28F3N3O4/c1-4-24-19(26-9-7-15(8-10-26)18(27)29-3)25-12-14-5-6-16(17(11-14)28-2)30-13-20(21,22)23/h5-6,11,15H,4,7-10,12-13H2,1-3H3,(H,24,25). The average Bonchev–Trinajstić information content (AvgIpc) is 2.74. The largest absolute Gasteiger partial charge is 0.493 e. The third kappa shape index (κ3) is 7.00. The summed E-state index contributed by atoms with van der Waals surface area (Å²) in [6.07, 6.45) is -3.04. The van der Waals surface area contributed by atoms with E-state index in [1.807, 2.05) is 6.92 Å². The summed E-state index contributed by atoms with van der Waals surface area (Å²) in [5.74, 6) is 0.687. The van der Waals surface area contributed by atoms with Gasteiger partial charge in [0.1, 0.15) is 0 Å². The Kier molecular flexibility index (Phi) is 8.61. The minimum atomic E-state index is -4.42. The van der Waals surface area contributed by atoms with Gasteiger partial charge in [0.2, 0.25) is 0 Å². The Balaban J connectivity index is 2.04. The Bertz CT molecular complexity index is 732. The van der Waals surface area contributed by atoms with Gasteiger partial charge in [0, 0.05) is 19.6 Å². The van der Waals surface area contributed by atoms with E-state index in [1.54, 1.807) is 12.1 Å². The third-order valence-electron chi connectivity index (χ3n) is 4.69. The molecule has 0 bridgehead atoms. The lowest BCUT2D eigenvalue weighted by molar-refractivity contribution is -0.153. The molecule has 1 aromatic rings. The van der Waals surface area contributed by atoms with Crippen LogP contribution in [0.1, 0.15) is 25.3 Å². The van der Waals surface area contributed by atoms with Crippen molar-refractivity contribution in [2.75, 3.05) is 40.5 Å². The SMILES string of the molecule is CCNC(=NCc1ccc(OCC(F)(F)F)c(OC)c1)N1CCC(C(=O)OC)CC1. The molecule has 1 aromatic carbocycles. The maximum Gasteiger partial charge on any atom is 0.422 e. The number of alkyl halides is 3. The first-order chi connectivity index (χ1) is 14.3. The zero-order valence-electron chi connectivity index (χ0n) is 17.4. The molecule has 10 heteroatoms. The number of halogens is 3.